The standard InChI is InChI=1S/C35H34N6O4/c1-4-39-12-14-40(15-13-39)35(42)25-9-10-30(36-20-25)24-6-5-7-27(16-24)44-22-26-17-28(43-3)18-32-29(26)19-33(45-32)31-21-41-34(37-31)11-8-23(2)38-41/h5-11,16-21H,4,12-15,22H2,1-3H3. The fraction of sp³-hybridized carbons (Fsp3) is 0.257. The molecule has 0 radical (unpaired) electrons. The first-order chi connectivity index (χ1) is 22.0. The number of aryl methyl sites for hydroxylation is 1. The van der Waals surface area contributed by atoms with Crippen LogP contribution in [-0.4, -0.2) is 75.1 Å². The molecule has 0 atom stereocenters. The van der Waals surface area contributed by atoms with Crippen molar-refractivity contribution >= 4 is 22.5 Å². The van der Waals surface area contributed by atoms with Gasteiger partial charge in [0.25, 0.3) is 5.91 Å². The Labute approximate surface area is 260 Å². The van der Waals surface area contributed by atoms with Gasteiger partial charge in [-0.15, -0.1) is 0 Å². The van der Waals surface area contributed by atoms with Gasteiger partial charge in [-0.1, -0.05) is 19.1 Å². The summed E-state index contributed by atoms with van der Waals surface area (Å²) in [4.78, 5) is 26.6. The van der Waals surface area contributed by atoms with Gasteiger partial charge in [0.15, 0.2) is 11.4 Å². The molecule has 0 saturated carbocycles. The fourth-order valence-electron chi connectivity index (χ4n) is 5.69. The summed E-state index contributed by atoms with van der Waals surface area (Å²) in [5.41, 5.74) is 6.23. The lowest BCUT2D eigenvalue weighted by Crippen LogP contribution is -2.48. The summed E-state index contributed by atoms with van der Waals surface area (Å²) >= 11 is 0. The molecule has 1 aliphatic rings. The minimum absolute atomic E-state index is 0.0295. The molecular formula is C35H34N6O4. The zero-order valence-corrected chi connectivity index (χ0v) is 25.6. The second-order valence-electron chi connectivity index (χ2n) is 11.2. The molecule has 0 spiro atoms. The summed E-state index contributed by atoms with van der Waals surface area (Å²) < 4.78 is 19.8. The Bertz CT molecular complexity index is 1990. The van der Waals surface area contributed by atoms with Gasteiger partial charge < -0.3 is 23.7 Å². The zero-order valence-electron chi connectivity index (χ0n) is 25.6. The number of amides is 1. The highest BCUT2D eigenvalue weighted by Gasteiger charge is 2.22. The maximum Gasteiger partial charge on any atom is 0.255 e. The predicted octanol–water partition coefficient (Wildman–Crippen LogP) is 5.88. The molecule has 10 heteroatoms. The molecule has 228 valence electrons. The molecule has 45 heavy (non-hydrogen) atoms. The van der Waals surface area contributed by atoms with Crippen LogP contribution in [0.15, 0.2) is 83.5 Å². The zero-order chi connectivity index (χ0) is 30.9. The number of methoxy groups -OCH3 is 1. The number of pyridine rings is 1. The maximum atomic E-state index is 13.0. The average molecular weight is 603 g/mol. The van der Waals surface area contributed by atoms with E-state index in [1.165, 1.54) is 0 Å². The Morgan fingerprint density at radius 3 is 2.60 bits per heavy atom. The van der Waals surface area contributed by atoms with Crippen molar-refractivity contribution in [3.8, 4) is 34.2 Å². The van der Waals surface area contributed by atoms with Crippen LogP contribution in [0.4, 0.5) is 0 Å². The van der Waals surface area contributed by atoms with Crippen LogP contribution >= 0.6 is 0 Å². The molecule has 0 bridgehead atoms. The van der Waals surface area contributed by atoms with E-state index in [1.807, 2.05) is 84.8 Å². The fourth-order valence-corrected chi connectivity index (χ4v) is 5.69. The van der Waals surface area contributed by atoms with Gasteiger partial charge in [0.1, 0.15) is 29.4 Å². The minimum atomic E-state index is 0.0295. The van der Waals surface area contributed by atoms with Crippen molar-refractivity contribution in [3.63, 3.8) is 0 Å². The Hall–Kier alpha value is -5.22. The van der Waals surface area contributed by atoms with Crippen molar-refractivity contribution in [3.05, 3.63) is 95.9 Å². The Kier molecular flexibility index (Phi) is 7.64. The van der Waals surface area contributed by atoms with Crippen LogP contribution in [0.25, 0.3) is 39.3 Å². The van der Waals surface area contributed by atoms with Gasteiger partial charge in [-0.2, -0.15) is 5.10 Å². The summed E-state index contributed by atoms with van der Waals surface area (Å²) in [6.45, 7) is 8.70. The predicted molar refractivity (Wildman–Crippen MR) is 172 cm³/mol. The van der Waals surface area contributed by atoms with E-state index in [0.29, 0.717) is 40.7 Å². The third kappa shape index (κ3) is 5.84. The largest absolute Gasteiger partial charge is 0.497 e. The van der Waals surface area contributed by atoms with E-state index < -0.39 is 0 Å². The summed E-state index contributed by atoms with van der Waals surface area (Å²) in [5, 5.41) is 5.42. The van der Waals surface area contributed by atoms with Gasteiger partial charge in [0, 0.05) is 55.0 Å². The van der Waals surface area contributed by atoms with E-state index in [9.17, 15) is 4.79 Å². The number of aromatic nitrogens is 4. The topological polar surface area (TPSA) is 98.2 Å². The SMILES string of the molecule is CCN1CCN(C(=O)c2ccc(-c3cccc(OCc4cc(OC)cc5oc(-c6cn7nc(C)ccc7n6)cc45)c3)nc2)CC1. The highest BCUT2D eigenvalue weighted by atomic mass is 16.5. The van der Waals surface area contributed by atoms with Crippen molar-refractivity contribution < 1.29 is 18.7 Å². The van der Waals surface area contributed by atoms with E-state index in [0.717, 1.165) is 66.3 Å². The average Bonchev–Trinajstić information content (AvgIpc) is 3.71. The molecule has 0 unspecified atom stereocenters. The van der Waals surface area contributed by atoms with E-state index >= 15 is 0 Å². The number of fused-ring (bicyclic) bond motifs is 2. The molecule has 1 saturated heterocycles. The van der Waals surface area contributed by atoms with Gasteiger partial charge >= 0.3 is 0 Å². The second kappa shape index (κ2) is 12.0. The van der Waals surface area contributed by atoms with Gasteiger partial charge in [0.05, 0.1) is 30.3 Å². The first kappa shape index (κ1) is 28.5. The first-order valence-corrected chi connectivity index (χ1v) is 15.1. The highest BCUT2D eigenvalue weighted by Crippen LogP contribution is 2.34. The molecule has 1 amide bonds. The molecule has 6 aromatic rings. The molecule has 10 nitrogen and oxygen atoms in total. The molecule has 7 rings (SSSR count). The smallest absolute Gasteiger partial charge is 0.255 e. The number of ether oxygens (including phenoxy) is 2. The number of hydrogen-bond donors (Lipinski definition) is 0. The van der Waals surface area contributed by atoms with Crippen molar-refractivity contribution in [2.75, 3.05) is 39.8 Å². The van der Waals surface area contributed by atoms with Gasteiger partial charge in [0.2, 0.25) is 0 Å². The molecule has 1 fully saturated rings. The summed E-state index contributed by atoms with van der Waals surface area (Å²) in [5.74, 6) is 2.04. The molecule has 2 aromatic carbocycles. The molecule has 5 heterocycles. The van der Waals surface area contributed by atoms with E-state index in [2.05, 4.69) is 26.9 Å². The molecular weight excluding hydrogens is 568 g/mol. The number of carbonyl (C=O) groups excluding carboxylic acids is 1. The van der Waals surface area contributed by atoms with Crippen molar-refractivity contribution in [1.82, 2.24) is 29.4 Å². The van der Waals surface area contributed by atoms with Crippen LogP contribution < -0.4 is 9.47 Å². The highest BCUT2D eigenvalue weighted by molar-refractivity contribution is 5.94. The number of benzene rings is 2. The van der Waals surface area contributed by atoms with Crippen LogP contribution in [-0.2, 0) is 6.61 Å². The van der Waals surface area contributed by atoms with E-state index in [1.54, 1.807) is 17.8 Å². The second-order valence-corrected chi connectivity index (χ2v) is 11.2. The monoisotopic (exact) mass is 602 g/mol. The van der Waals surface area contributed by atoms with Crippen LogP contribution in [0.3, 0.4) is 0 Å². The van der Waals surface area contributed by atoms with Gasteiger partial charge in [-0.05, 0) is 62.0 Å². The van der Waals surface area contributed by atoms with Crippen LogP contribution in [0.5, 0.6) is 11.5 Å². The lowest BCUT2D eigenvalue weighted by atomic mass is 10.1. The number of rotatable bonds is 8. The lowest BCUT2D eigenvalue weighted by molar-refractivity contribution is 0.0643. The summed E-state index contributed by atoms with van der Waals surface area (Å²) in [6.07, 6.45) is 3.53. The number of likely N-dealkylation sites (N-methyl/N-ethyl adjacent to an activating group) is 1. The van der Waals surface area contributed by atoms with E-state index in [-0.39, 0.29) is 5.91 Å². The molecule has 4 aromatic heterocycles. The van der Waals surface area contributed by atoms with Crippen LogP contribution in [0.2, 0.25) is 0 Å². The summed E-state index contributed by atoms with van der Waals surface area (Å²) in [6, 6.07) is 21.2. The van der Waals surface area contributed by atoms with Gasteiger partial charge in [-0.25, -0.2) is 9.50 Å². The molecule has 1 aliphatic heterocycles. The molecule has 0 aliphatic carbocycles. The minimum Gasteiger partial charge on any atom is -0.497 e. The maximum absolute atomic E-state index is 13.0. The third-order valence-corrected chi connectivity index (χ3v) is 8.28. The van der Waals surface area contributed by atoms with Crippen molar-refractivity contribution in [2.24, 2.45) is 0 Å². The Balaban J connectivity index is 1.08. The van der Waals surface area contributed by atoms with Gasteiger partial charge in [-0.3, -0.25) is 9.78 Å². The number of piperazine rings is 1. The summed E-state index contributed by atoms with van der Waals surface area (Å²) in [7, 11) is 1.63. The third-order valence-electron chi connectivity index (χ3n) is 8.28. The number of carbonyl (C=O) groups is 1. The number of hydrogen-bond acceptors (Lipinski definition) is 8. The van der Waals surface area contributed by atoms with Crippen molar-refractivity contribution in [2.45, 2.75) is 20.5 Å². The normalized spacial score (nSPS) is 13.9. The number of nitrogens with zero attached hydrogens (tertiary/aromatic N) is 6. The number of imidazole rings is 1. The number of furan rings is 1. The molecule has 0 N–H and O–H groups in total. The lowest BCUT2D eigenvalue weighted by Gasteiger charge is -2.34. The van der Waals surface area contributed by atoms with Crippen LogP contribution in [0.1, 0.15) is 28.5 Å². The van der Waals surface area contributed by atoms with Crippen molar-refractivity contribution in [1.29, 1.82) is 0 Å². The first-order valence-electron chi connectivity index (χ1n) is 15.1. The Morgan fingerprint density at radius 2 is 1.82 bits per heavy atom. The Morgan fingerprint density at radius 1 is 0.956 bits per heavy atom. The quantitative estimate of drug-likeness (QED) is 0.213. The van der Waals surface area contributed by atoms with E-state index in [4.69, 9.17) is 13.9 Å². The van der Waals surface area contributed by atoms with Crippen LogP contribution in [0, 0.1) is 6.92 Å².